The molecular weight excluding hydrogens is 409 g/mol. The van der Waals surface area contributed by atoms with E-state index in [1.165, 1.54) is 17.7 Å². The molecule has 8 heteroatoms. The lowest BCUT2D eigenvalue weighted by atomic mass is 10.0. The van der Waals surface area contributed by atoms with Crippen molar-refractivity contribution in [3.05, 3.63) is 59.7 Å². The molecule has 2 aromatic carbocycles. The monoisotopic (exact) mass is 435 g/mol. The Hall–Kier alpha value is -3.42. The summed E-state index contributed by atoms with van der Waals surface area (Å²) in [6.07, 6.45) is 4.42. The summed E-state index contributed by atoms with van der Waals surface area (Å²) in [4.78, 5) is 35.4. The van der Waals surface area contributed by atoms with Crippen LogP contribution in [0.1, 0.15) is 49.2 Å². The van der Waals surface area contributed by atoms with Crippen molar-refractivity contribution in [3.8, 4) is 0 Å². The van der Waals surface area contributed by atoms with E-state index in [1.807, 2.05) is 12.1 Å². The molecule has 0 spiro atoms. The fraction of sp³-hybridized carbons (Fsp3) is 0.375. The third-order valence-electron chi connectivity index (χ3n) is 6.55. The number of carbonyl (C=O) groups is 2. The van der Waals surface area contributed by atoms with Crippen molar-refractivity contribution in [2.45, 2.75) is 37.8 Å². The number of fused-ring (bicyclic) bond motifs is 1. The first kappa shape index (κ1) is 20.5. The standard InChI is InChI=1S/C24H26FN5O2/c25-17-6-8-18(9-7-17)29-11-1-3-21(29)16-5-10-19-20(13-16)28-24(27-19)22-4-2-12-30(22)23(32)14-26-15-31/h5-10,13,15,21-22H,1-4,11-12,14H2,(H,26,31)(H,27,28). The van der Waals surface area contributed by atoms with Gasteiger partial charge in [0, 0.05) is 18.8 Å². The number of imidazole rings is 1. The van der Waals surface area contributed by atoms with Crippen molar-refractivity contribution in [2.75, 3.05) is 24.5 Å². The van der Waals surface area contributed by atoms with E-state index in [1.54, 1.807) is 4.90 Å². The third kappa shape index (κ3) is 3.81. The van der Waals surface area contributed by atoms with E-state index in [4.69, 9.17) is 4.98 Å². The van der Waals surface area contributed by atoms with E-state index >= 15 is 0 Å². The van der Waals surface area contributed by atoms with Gasteiger partial charge in [0.2, 0.25) is 12.3 Å². The molecule has 3 heterocycles. The first-order chi connectivity index (χ1) is 15.6. The Kier molecular flexibility index (Phi) is 5.51. The van der Waals surface area contributed by atoms with Crippen molar-refractivity contribution >= 4 is 29.0 Å². The van der Waals surface area contributed by atoms with Crippen LogP contribution >= 0.6 is 0 Å². The number of rotatable bonds is 6. The predicted octanol–water partition coefficient (Wildman–Crippen LogP) is 3.45. The van der Waals surface area contributed by atoms with Crippen LogP contribution in [0.15, 0.2) is 42.5 Å². The highest BCUT2D eigenvalue weighted by molar-refractivity contribution is 5.81. The van der Waals surface area contributed by atoms with Crippen LogP contribution in [0.25, 0.3) is 11.0 Å². The van der Waals surface area contributed by atoms with Gasteiger partial charge < -0.3 is 20.1 Å². The molecule has 0 saturated carbocycles. The lowest BCUT2D eigenvalue weighted by Gasteiger charge is -2.27. The zero-order chi connectivity index (χ0) is 22.1. The van der Waals surface area contributed by atoms with Gasteiger partial charge in [0.1, 0.15) is 11.6 Å². The van der Waals surface area contributed by atoms with Crippen LogP contribution in [-0.2, 0) is 9.59 Å². The summed E-state index contributed by atoms with van der Waals surface area (Å²) in [6, 6.07) is 13.1. The molecule has 2 aliphatic rings. The van der Waals surface area contributed by atoms with Gasteiger partial charge in [-0.15, -0.1) is 0 Å². The van der Waals surface area contributed by atoms with Crippen LogP contribution < -0.4 is 10.2 Å². The number of benzene rings is 2. The highest BCUT2D eigenvalue weighted by Gasteiger charge is 2.32. The van der Waals surface area contributed by atoms with Crippen LogP contribution in [-0.4, -0.2) is 46.8 Å². The van der Waals surface area contributed by atoms with Gasteiger partial charge in [0.25, 0.3) is 0 Å². The Bertz CT molecular complexity index is 1130. The number of anilines is 1. The van der Waals surface area contributed by atoms with Crippen LogP contribution in [0.3, 0.4) is 0 Å². The number of nitrogens with one attached hydrogen (secondary N) is 2. The van der Waals surface area contributed by atoms with Crippen molar-refractivity contribution < 1.29 is 14.0 Å². The minimum absolute atomic E-state index is 0.00523. The molecule has 3 aromatic rings. The van der Waals surface area contributed by atoms with Gasteiger partial charge in [0.15, 0.2) is 0 Å². The maximum absolute atomic E-state index is 13.4. The Morgan fingerprint density at radius 3 is 2.72 bits per heavy atom. The molecule has 2 fully saturated rings. The number of carbonyl (C=O) groups excluding carboxylic acids is 2. The van der Waals surface area contributed by atoms with Crippen molar-refractivity contribution in [1.82, 2.24) is 20.2 Å². The van der Waals surface area contributed by atoms with E-state index < -0.39 is 0 Å². The van der Waals surface area contributed by atoms with Gasteiger partial charge in [-0.2, -0.15) is 0 Å². The lowest BCUT2D eigenvalue weighted by Crippen LogP contribution is -2.37. The maximum Gasteiger partial charge on any atom is 0.242 e. The lowest BCUT2D eigenvalue weighted by molar-refractivity contribution is -0.132. The smallest absolute Gasteiger partial charge is 0.242 e. The number of nitrogens with zero attached hydrogens (tertiary/aromatic N) is 3. The molecule has 166 valence electrons. The van der Waals surface area contributed by atoms with Crippen molar-refractivity contribution in [2.24, 2.45) is 0 Å². The molecule has 0 bridgehead atoms. The zero-order valence-corrected chi connectivity index (χ0v) is 17.8. The minimum Gasteiger partial charge on any atom is -0.364 e. The zero-order valence-electron chi connectivity index (χ0n) is 17.8. The Balaban J connectivity index is 1.40. The second-order valence-corrected chi connectivity index (χ2v) is 8.47. The maximum atomic E-state index is 13.4. The molecular formula is C24H26FN5O2. The number of halogens is 1. The fourth-order valence-corrected chi connectivity index (χ4v) is 5.04. The molecule has 0 radical (unpaired) electrons. The average Bonchev–Trinajstić information content (AvgIpc) is 3.56. The number of hydrogen-bond donors (Lipinski definition) is 2. The van der Waals surface area contributed by atoms with Crippen LogP contribution in [0.5, 0.6) is 0 Å². The topological polar surface area (TPSA) is 81.3 Å². The number of aromatic amines is 1. The van der Waals surface area contributed by atoms with Gasteiger partial charge in [-0.25, -0.2) is 9.37 Å². The van der Waals surface area contributed by atoms with Crippen LogP contribution in [0.2, 0.25) is 0 Å². The van der Waals surface area contributed by atoms with E-state index in [0.29, 0.717) is 13.0 Å². The number of aromatic nitrogens is 2. The second-order valence-electron chi connectivity index (χ2n) is 8.47. The Labute approximate surface area is 185 Å². The summed E-state index contributed by atoms with van der Waals surface area (Å²) < 4.78 is 13.4. The molecule has 2 unspecified atom stereocenters. The van der Waals surface area contributed by atoms with E-state index in [-0.39, 0.29) is 30.4 Å². The van der Waals surface area contributed by atoms with Crippen LogP contribution in [0, 0.1) is 5.82 Å². The normalized spacial score (nSPS) is 20.8. The Morgan fingerprint density at radius 1 is 1.12 bits per heavy atom. The highest BCUT2D eigenvalue weighted by atomic mass is 19.1. The third-order valence-corrected chi connectivity index (χ3v) is 6.55. The van der Waals surface area contributed by atoms with Crippen LogP contribution in [0.4, 0.5) is 10.1 Å². The average molecular weight is 436 g/mol. The minimum atomic E-state index is -0.226. The van der Waals surface area contributed by atoms with Gasteiger partial charge in [-0.1, -0.05) is 6.07 Å². The summed E-state index contributed by atoms with van der Waals surface area (Å²) in [7, 11) is 0. The molecule has 2 aliphatic heterocycles. The number of likely N-dealkylation sites (tertiary alicyclic amines) is 1. The first-order valence-electron chi connectivity index (χ1n) is 11.1. The quantitative estimate of drug-likeness (QED) is 0.581. The van der Waals surface area contributed by atoms with E-state index in [0.717, 1.165) is 54.8 Å². The van der Waals surface area contributed by atoms with Crippen molar-refractivity contribution in [1.29, 1.82) is 0 Å². The molecule has 0 aliphatic carbocycles. The molecule has 2 saturated heterocycles. The summed E-state index contributed by atoms with van der Waals surface area (Å²) in [5.74, 6) is 0.467. The molecule has 32 heavy (non-hydrogen) atoms. The summed E-state index contributed by atoms with van der Waals surface area (Å²) >= 11 is 0. The van der Waals surface area contributed by atoms with Gasteiger partial charge in [0.05, 0.1) is 29.7 Å². The second kappa shape index (κ2) is 8.61. The highest BCUT2D eigenvalue weighted by Crippen LogP contribution is 2.37. The fourth-order valence-electron chi connectivity index (χ4n) is 5.04. The first-order valence-corrected chi connectivity index (χ1v) is 11.1. The summed E-state index contributed by atoms with van der Waals surface area (Å²) in [6.45, 7) is 1.61. The summed E-state index contributed by atoms with van der Waals surface area (Å²) in [5, 5.41) is 2.46. The predicted molar refractivity (Wildman–Crippen MR) is 120 cm³/mol. The largest absolute Gasteiger partial charge is 0.364 e. The van der Waals surface area contributed by atoms with Gasteiger partial charge in [-0.3, -0.25) is 9.59 Å². The van der Waals surface area contributed by atoms with Gasteiger partial charge in [-0.05, 0) is 67.6 Å². The number of amides is 2. The molecule has 2 atom stereocenters. The molecule has 7 nitrogen and oxygen atoms in total. The molecule has 1 aromatic heterocycles. The summed E-state index contributed by atoms with van der Waals surface area (Å²) in [5.41, 5.74) is 4.04. The number of H-pyrrole nitrogens is 1. The molecule has 5 rings (SSSR count). The van der Waals surface area contributed by atoms with E-state index in [9.17, 15) is 14.0 Å². The molecule has 2 N–H and O–H groups in total. The molecule has 2 amide bonds. The Morgan fingerprint density at radius 2 is 1.91 bits per heavy atom. The SMILES string of the molecule is O=CNCC(=O)N1CCCC1c1nc2cc(C3CCCN3c3ccc(F)cc3)ccc2[nH]1. The van der Waals surface area contributed by atoms with Gasteiger partial charge >= 0.3 is 0 Å². The number of hydrogen-bond acceptors (Lipinski definition) is 4. The van der Waals surface area contributed by atoms with E-state index in [2.05, 4.69) is 33.4 Å². The van der Waals surface area contributed by atoms with Crippen molar-refractivity contribution in [3.63, 3.8) is 0 Å².